The van der Waals surface area contributed by atoms with Crippen LogP contribution in [-0.4, -0.2) is 23.7 Å². The summed E-state index contributed by atoms with van der Waals surface area (Å²) in [6, 6.07) is 10.6. The lowest BCUT2D eigenvalue weighted by Crippen LogP contribution is -2.26. The molecule has 1 aromatic carbocycles. The molecular weight excluding hydrogens is 214 g/mol. The maximum Gasteiger partial charge on any atom is 0.220 e. The maximum atomic E-state index is 11.6. The van der Waals surface area contributed by atoms with Crippen LogP contribution in [0.3, 0.4) is 0 Å². The number of carbonyl (C=O) groups excluding carboxylic acids is 1. The molecule has 0 saturated heterocycles. The summed E-state index contributed by atoms with van der Waals surface area (Å²) < 4.78 is 0. The molecule has 2 unspecified atom stereocenters. The summed E-state index contributed by atoms with van der Waals surface area (Å²) in [5.74, 6) is 0.611. The van der Waals surface area contributed by atoms with Crippen molar-refractivity contribution in [1.82, 2.24) is 5.32 Å². The topological polar surface area (TPSA) is 49.3 Å². The van der Waals surface area contributed by atoms with Crippen molar-refractivity contribution in [3.05, 3.63) is 35.9 Å². The SMILES string of the molecule is O=C(CCCCO)NC1CC1c1ccccc1. The number of aliphatic hydroxyl groups is 1. The Hall–Kier alpha value is -1.35. The average molecular weight is 233 g/mol. The third-order valence-corrected chi connectivity index (χ3v) is 3.18. The number of nitrogens with one attached hydrogen (secondary N) is 1. The standard InChI is InChI=1S/C14H19NO2/c16-9-5-4-8-14(17)15-13-10-12(13)11-6-2-1-3-7-11/h1-3,6-7,12-13,16H,4-5,8-10H2,(H,15,17). The van der Waals surface area contributed by atoms with Crippen LogP contribution in [0.2, 0.25) is 0 Å². The molecule has 0 aromatic heterocycles. The molecule has 0 bridgehead atoms. The highest BCUT2D eigenvalue weighted by Gasteiger charge is 2.38. The van der Waals surface area contributed by atoms with E-state index in [1.165, 1.54) is 5.56 Å². The Morgan fingerprint density at radius 1 is 1.29 bits per heavy atom. The van der Waals surface area contributed by atoms with Gasteiger partial charge in [-0.2, -0.15) is 0 Å². The van der Waals surface area contributed by atoms with Gasteiger partial charge in [-0.15, -0.1) is 0 Å². The van der Waals surface area contributed by atoms with Gasteiger partial charge in [0.15, 0.2) is 0 Å². The molecule has 0 radical (unpaired) electrons. The number of rotatable bonds is 6. The summed E-state index contributed by atoms with van der Waals surface area (Å²) in [6.45, 7) is 0.170. The van der Waals surface area contributed by atoms with Gasteiger partial charge in [0.25, 0.3) is 0 Å². The molecule has 0 spiro atoms. The van der Waals surface area contributed by atoms with Crippen LogP contribution in [0, 0.1) is 0 Å². The van der Waals surface area contributed by atoms with Gasteiger partial charge in [0, 0.05) is 25.0 Å². The number of carbonyl (C=O) groups is 1. The Balaban J connectivity index is 1.71. The van der Waals surface area contributed by atoms with Crippen LogP contribution in [-0.2, 0) is 4.79 Å². The first-order chi connectivity index (χ1) is 8.31. The molecule has 0 heterocycles. The number of aliphatic hydroxyl groups excluding tert-OH is 1. The van der Waals surface area contributed by atoms with Crippen molar-refractivity contribution in [3.63, 3.8) is 0 Å². The second-order valence-electron chi connectivity index (χ2n) is 4.61. The lowest BCUT2D eigenvalue weighted by molar-refractivity contribution is -0.121. The van der Waals surface area contributed by atoms with Gasteiger partial charge in [0.2, 0.25) is 5.91 Å². The van der Waals surface area contributed by atoms with Crippen LogP contribution in [0.4, 0.5) is 0 Å². The van der Waals surface area contributed by atoms with E-state index in [1.807, 2.05) is 18.2 Å². The zero-order chi connectivity index (χ0) is 12.1. The lowest BCUT2D eigenvalue weighted by Gasteiger charge is -2.04. The van der Waals surface area contributed by atoms with Gasteiger partial charge in [0.05, 0.1) is 0 Å². The third kappa shape index (κ3) is 3.56. The van der Waals surface area contributed by atoms with Crippen molar-refractivity contribution in [2.24, 2.45) is 0 Å². The Morgan fingerprint density at radius 3 is 2.76 bits per heavy atom. The molecular formula is C14H19NO2. The Morgan fingerprint density at radius 2 is 2.06 bits per heavy atom. The van der Waals surface area contributed by atoms with Crippen molar-refractivity contribution in [1.29, 1.82) is 0 Å². The second-order valence-corrected chi connectivity index (χ2v) is 4.61. The number of amides is 1. The quantitative estimate of drug-likeness (QED) is 0.736. The largest absolute Gasteiger partial charge is 0.396 e. The summed E-state index contributed by atoms with van der Waals surface area (Å²) in [7, 11) is 0. The zero-order valence-corrected chi connectivity index (χ0v) is 9.93. The van der Waals surface area contributed by atoms with E-state index in [0.717, 1.165) is 12.8 Å². The van der Waals surface area contributed by atoms with Crippen molar-refractivity contribution < 1.29 is 9.90 Å². The van der Waals surface area contributed by atoms with Crippen molar-refractivity contribution >= 4 is 5.91 Å². The van der Waals surface area contributed by atoms with E-state index in [9.17, 15) is 4.79 Å². The van der Waals surface area contributed by atoms with Crippen LogP contribution in [0.15, 0.2) is 30.3 Å². The van der Waals surface area contributed by atoms with Crippen molar-refractivity contribution in [2.75, 3.05) is 6.61 Å². The van der Waals surface area contributed by atoms with Crippen LogP contribution < -0.4 is 5.32 Å². The molecule has 1 aliphatic carbocycles. The predicted molar refractivity (Wildman–Crippen MR) is 66.7 cm³/mol. The van der Waals surface area contributed by atoms with Gasteiger partial charge in [0.1, 0.15) is 0 Å². The summed E-state index contributed by atoms with van der Waals surface area (Å²) in [4.78, 5) is 11.6. The average Bonchev–Trinajstić information content (AvgIpc) is 3.10. The van der Waals surface area contributed by atoms with E-state index in [1.54, 1.807) is 0 Å². The van der Waals surface area contributed by atoms with Gasteiger partial charge in [-0.1, -0.05) is 30.3 Å². The molecule has 3 nitrogen and oxygen atoms in total. The molecule has 1 amide bonds. The molecule has 2 rings (SSSR count). The molecule has 3 heteroatoms. The Bertz CT molecular complexity index is 364. The third-order valence-electron chi connectivity index (χ3n) is 3.18. The van der Waals surface area contributed by atoms with E-state index in [0.29, 0.717) is 24.8 Å². The van der Waals surface area contributed by atoms with Crippen LogP contribution >= 0.6 is 0 Å². The number of unbranched alkanes of at least 4 members (excludes halogenated alkanes) is 1. The van der Waals surface area contributed by atoms with Crippen LogP contribution in [0.25, 0.3) is 0 Å². The van der Waals surface area contributed by atoms with Crippen LogP contribution in [0.1, 0.15) is 37.2 Å². The van der Waals surface area contributed by atoms with Gasteiger partial charge in [-0.25, -0.2) is 0 Å². The zero-order valence-electron chi connectivity index (χ0n) is 9.93. The molecule has 1 fully saturated rings. The molecule has 17 heavy (non-hydrogen) atoms. The van der Waals surface area contributed by atoms with Gasteiger partial charge < -0.3 is 10.4 Å². The van der Waals surface area contributed by atoms with E-state index in [-0.39, 0.29) is 12.5 Å². The highest BCUT2D eigenvalue weighted by Crippen LogP contribution is 2.40. The lowest BCUT2D eigenvalue weighted by atomic mass is 10.1. The first-order valence-electron chi connectivity index (χ1n) is 6.26. The van der Waals surface area contributed by atoms with E-state index < -0.39 is 0 Å². The summed E-state index contributed by atoms with van der Waals surface area (Å²) in [6.07, 6.45) is 3.06. The molecule has 0 aliphatic heterocycles. The monoisotopic (exact) mass is 233 g/mol. The highest BCUT2D eigenvalue weighted by atomic mass is 16.2. The smallest absolute Gasteiger partial charge is 0.220 e. The van der Waals surface area contributed by atoms with Gasteiger partial charge in [-0.05, 0) is 24.8 Å². The highest BCUT2D eigenvalue weighted by molar-refractivity contribution is 5.76. The molecule has 2 N–H and O–H groups in total. The molecule has 92 valence electrons. The van der Waals surface area contributed by atoms with E-state index in [2.05, 4.69) is 17.4 Å². The van der Waals surface area contributed by atoms with Crippen molar-refractivity contribution in [3.8, 4) is 0 Å². The Kier molecular flexibility index (Phi) is 4.15. The normalized spacial score (nSPS) is 22.2. The Labute approximate surface area is 102 Å². The van der Waals surface area contributed by atoms with Gasteiger partial charge >= 0.3 is 0 Å². The first kappa shape index (κ1) is 12.1. The fourth-order valence-corrected chi connectivity index (χ4v) is 2.10. The minimum Gasteiger partial charge on any atom is -0.396 e. The molecule has 2 atom stereocenters. The fourth-order valence-electron chi connectivity index (χ4n) is 2.10. The minimum atomic E-state index is 0.113. The van der Waals surface area contributed by atoms with Gasteiger partial charge in [-0.3, -0.25) is 4.79 Å². The molecule has 1 saturated carbocycles. The molecule has 1 aliphatic rings. The number of benzene rings is 1. The van der Waals surface area contributed by atoms with Crippen LogP contribution in [0.5, 0.6) is 0 Å². The number of hydrogen-bond donors (Lipinski definition) is 2. The first-order valence-corrected chi connectivity index (χ1v) is 6.26. The minimum absolute atomic E-state index is 0.113. The summed E-state index contributed by atoms with van der Waals surface area (Å²) in [5.41, 5.74) is 1.31. The summed E-state index contributed by atoms with van der Waals surface area (Å²) in [5, 5.41) is 11.7. The van der Waals surface area contributed by atoms with Crippen molar-refractivity contribution in [2.45, 2.75) is 37.6 Å². The van der Waals surface area contributed by atoms with E-state index in [4.69, 9.17) is 5.11 Å². The summed E-state index contributed by atoms with van der Waals surface area (Å²) >= 11 is 0. The predicted octanol–water partition coefficient (Wildman–Crippen LogP) is 1.82. The van der Waals surface area contributed by atoms with E-state index >= 15 is 0 Å². The number of hydrogen-bond acceptors (Lipinski definition) is 2. The maximum absolute atomic E-state index is 11.6. The fraction of sp³-hybridized carbons (Fsp3) is 0.500. The molecule has 1 aromatic rings. The second kappa shape index (κ2) is 5.82.